The van der Waals surface area contributed by atoms with E-state index in [1.54, 1.807) is 0 Å². The second kappa shape index (κ2) is 6.61. The second-order valence-corrected chi connectivity index (χ2v) is 5.11. The van der Waals surface area contributed by atoms with E-state index in [1.165, 1.54) is 0 Å². The van der Waals surface area contributed by atoms with E-state index < -0.39 is 0 Å². The molecule has 0 fully saturated rings. The molecule has 0 saturated carbocycles. The molecule has 0 saturated heterocycles. The van der Waals surface area contributed by atoms with Gasteiger partial charge in [0, 0.05) is 12.6 Å². The van der Waals surface area contributed by atoms with Crippen LogP contribution in [0, 0.1) is 0 Å². The highest BCUT2D eigenvalue weighted by atomic mass is 16.7. The topological polar surface area (TPSA) is 59.6 Å². The van der Waals surface area contributed by atoms with E-state index in [0.717, 1.165) is 23.5 Å². The Morgan fingerprint density at radius 1 is 1.30 bits per heavy atom. The third-order valence-electron chi connectivity index (χ3n) is 3.44. The first-order valence-corrected chi connectivity index (χ1v) is 7.02. The first kappa shape index (κ1) is 14.7. The molecule has 0 bridgehead atoms. The van der Waals surface area contributed by atoms with Crippen molar-refractivity contribution in [3.8, 4) is 11.5 Å². The van der Waals surface area contributed by atoms with Crippen LogP contribution in [0.4, 0.5) is 0 Å². The predicted molar refractivity (Wildman–Crippen MR) is 76.8 cm³/mol. The molecule has 110 valence electrons. The van der Waals surface area contributed by atoms with E-state index in [9.17, 15) is 4.79 Å². The maximum absolute atomic E-state index is 11.9. The Balaban J connectivity index is 1.84. The van der Waals surface area contributed by atoms with E-state index >= 15 is 0 Å². The average molecular weight is 278 g/mol. The van der Waals surface area contributed by atoms with Crippen molar-refractivity contribution in [3.63, 3.8) is 0 Å². The summed E-state index contributed by atoms with van der Waals surface area (Å²) in [4.78, 5) is 11.9. The largest absolute Gasteiger partial charge is 0.454 e. The third kappa shape index (κ3) is 3.63. The van der Waals surface area contributed by atoms with Crippen molar-refractivity contribution in [2.75, 3.05) is 6.79 Å². The molecule has 0 aliphatic carbocycles. The summed E-state index contributed by atoms with van der Waals surface area (Å²) >= 11 is 0. The Labute approximate surface area is 119 Å². The first-order chi connectivity index (χ1) is 9.60. The van der Waals surface area contributed by atoms with Gasteiger partial charge < -0.3 is 20.1 Å². The molecule has 0 aromatic heterocycles. The number of carbonyl (C=O) groups excluding carboxylic acids is 1. The van der Waals surface area contributed by atoms with Crippen LogP contribution in [0.3, 0.4) is 0 Å². The number of carbonyl (C=O) groups is 1. The van der Waals surface area contributed by atoms with E-state index in [0.29, 0.717) is 6.54 Å². The van der Waals surface area contributed by atoms with Crippen molar-refractivity contribution in [3.05, 3.63) is 23.8 Å². The van der Waals surface area contributed by atoms with Crippen LogP contribution in [0.25, 0.3) is 0 Å². The molecule has 5 nitrogen and oxygen atoms in total. The van der Waals surface area contributed by atoms with Gasteiger partial charge in [-0.15, -0.1) is 0 Å². The van der Waals surface area contributed by atoms with Gasteiger partial charge in [0.25, 0.3) is 0 Å². The minimum Gasteiger partial charge on any atom is -0.454 e. The quantitative estimate of drug-likeness (QED) is 0.833. The van der Waals surface area contributed by atoms with E-state index in [1.807, 2.05) is 32.0 Å². The summed E-state index contributed by atoms with van der Waals surface area (Å²) in [6.45, 7) is 6.81. The molecule has 1 aliphatic heterocycles. The Hall–Kier alpha value is -1.75. The normalized spacial score (nSPS) is 15.8. The molecule has 5 heteroatoms. The Kier molecular flexibility index (Phi) is 4.84. The fourth-order valence-electron chi connectivity index (χ4n) is 1.88. The average Bonchev–Trinajstić information content (AvgIpc) is 2.91. The van der Waals surface area contributed by atoms with Crippen molar-refractivity contribution in [2.24, 2.45) is 0 Å². The molecule has 1 heterocycles. The highest BCUT2D eigenvalue weighted by Crippen LogP contribution is 2.32. The van der Waals surface area contributed by atoms with Crippen LogP contribution in [0.15, 0.2) is 18.2 Å². The molecule has 1 aliphatic rings. The number of benzene rings is 1. The highest BCUT2D eigenvalue weighted by molar-refractivity contribution is 5.81. The number of hydrogen-bond donors (Lipinski definition) is 2. The minimum atomic E-state index is -0.227. The smallest absolute Gasteiger partial charge is 0.237 e. The Morgan fingerprint density at radius 2 is 2.05 bits per heavy atom. The monoisotopic (exact) mass is 278 g/mol. The second-order valence-electron chi connectivity index (χ2n) is 5.11. The summed E-state index contributed by atoms with van der Waals surface area (Å²) in [6.07, 6.45) is 0.931. The summed E-state index contributed by atoms with van der Waals surface area (Å²) < 4.78 is 10.6. The summed E-state index contributed by atoms with van der Waals surface area (Å²) in [6, 6.07) is 5.78. The van der Waals surface area contributed by atoms with Crippen molar-refractivity contribution in [1.29, 1.82) is 0 Å². The number of rotatable bonds is 6. The summed E-state index contributed by atoms with van der Waals surface area (Å²) in [5.74, 6) is 1.57. The number of fused-ring (bicyclic) bond motifs is 1. The van der Waals surface area contributed by atoms with Gasteiger partial charge in [0.2, 0.25) is 12.7 Å². The zero-order chi connectivity index (χ0) is 14.5. The number of ether oxygens (including phenoxy) is 2. The van der Waals surface area contributed by atoms with Gasteiger partial charge in [-0.3, -0.25) is 4.79 Å². The fraction of sp³-hybridized carbons (Fsp3) is 0.533. The molecule has 20 heavy (non-hydrogen) atoms. The van der Waals surface area contributed by atoms with Crippen LogP contribution in [-0.2, 0) is 11.3 Å². The third-order valence-corrected chi connectivity index (χ3v) is 3.44. The van der Waals surface area contributed by atoms with Gasteiger partial charge in [-0.2, -0.15) is 0 Å². The van der Waals surface area contributed by atoms with Crippen molar-refractivity contribution < 1.29 is 14.3 Å². The zero-order valence-corrected chi connectivity index (χ0v) is 12.2. The maximum atomic E-state index is 11.9. The van der Waals surface area contributed by atoms with Gasteiger partial charge in [-0.05, 0) is 38.0 Å². The molecule has 0 spiro atoms. The van der Waals surface area contributed by atoms with Crippen LogP contribution in [0.2, 0.25) is 0 Å². The maximum Gasteiger partial charge on any atom is 0.237 e. The summed E-state index contributed by atoms with van der Waals surface area (Å²) in [5, 5.41) is 6.17. The predicted octanol–water partition coefficient (Wildman–Crippen LogP) is 1.81. The molecular weight excluding hydrogens is 256 g/mol. The molecule has 2 N–H and O–H groups in total. The van der Waals surface area contributed by atoms with Gasteiger partial charge in [0.1, 0.15) is 0 Å². The van der Waals surface area contributed by atoms with Gasteiger partial charge in [-0.25, -0.2) is 0 Å². The molecule has 2 unspecified atom stereocenters. The lowest BCUT2D eigenvalue weighted by Gasteiger charge is -2.17. The van der Waals surface area contributed by atoms with Crippen LogP contribution in [0.5, 0.6) is 11.5 Å². The number of hydrogen-bond acceptors (Lipinski definition) is 4. The molecule has 0 radical (unpaired) electrons. The lowest BCUT2D eigenvalue weighted by atomic mass is 10.2. The zero-order valence-electron chi connectivity index (χ0n) is 12.2. The van der Waals surface area contributed by atoms with Gasteiger partial charge in [0.15, 0.2) is 11.5 Å². The molecule has 1 aromatic carbocycles. The van der Waals surface area contributed by atoms with Crippen molar-refractivity contribution in [2.45, 2.75) is 45.8 Å². The van der Waals surface area contributed by atoms with Crippen molar-refractivity contribution >= 4 is 5.91 Å². The lowest BCUT2D eigenvalue weighted by Crippen LogP contribution is -2.45. The molecule has 2 rings (SSSR count). The van der Waals surface area contributed by atoms with Crippen molar-refractivity contribution in [1.82, 2.24) is 10.6 Å². The fourth-order valence-corrected chi connectivity index (χ4v) is 1.88. The lowest BCUT2D eigenvalue weighted by molar-refractivity contribution is -0.123. The number of nitrogens with one attached hydrogen (secondary N) is 2. The van der Waals surface area contributed by atoms with Gasteiger partial charge in [-0.1, -0.05) is 13.0 Å². The molecule has 1 amide bonds. The van der Waals surface area contributed by atoms with E-state index in [2.05, 4.69) is 17.6 Å². The number of amides is 1. The van der Waals surface area contributed by atoms with Gasteiger partial charge >= 0.3 is 0 Å². The minimum absolute atomic E-state index is 0.0279. The molecule has 2 atom stereocenters. The summed E-state index contributed by atoms with van der Waals surface area (Å²) in [5.41, 5.74) is 1.07. The van der Waals surface area contributed by atoms with Crippen LogP contribution in [0.1, 0.15) is 32.8 Å². The Bertz CT molecular complexity index is 476. The van der Waals surface area contributed by atoms with Crippen LogP contribution < -0.4 is 20.1 Å². The van der Waals surface area contributed by atoms with E-state index in [-0.39, 0.29) is 24.8 Å². The van der Waals surface area contributed by atoms with E-state index in [4.69, 9.17) is 9.47 Å². The van der Waals surface area contributed by atoms with Crippen LogP contribution >= 0.6 is 0 Å². The molecule has 1 aromatic rings. The summed E-state index contributed by atoms with van der Waals surface area (Å²) in [7, 11) is 0. The van der Waals surface area contributed by atoms with Gasteiger partial charge in [0.05, 0.1) is 6.04 Å². The first-order valence-electron chi connectivity index (χ1n) is 7.02. The molecular formula is C15H22N2O3. The SMILES string of the molecule is CCC(C)NC(=O)C(C)NCc1ccc2c(c1)OCO2. The standard InChI is InChI=1S/C15H22N2O3/c1-4-10(2)17-15(18)11(3)16-8-12-5-6-13-14(7-12)20-9-19-13/h5-7,10-11,16H,4,8-9H2,1-3H3,(H,17,18). The Morgan fingerprint density at radius 3 is 2.80 bits per heavy atom. The van der Waals surface area contributed by atoms with Crippen LogP contribution in [-0.4, -0.2) is 24.8 Å². The highest BCUT2D eigenvalue weighted by Gasteiger charge is 2.16.